The number of thiophene rings is 1. The highest BCUT2D eigenvalue weighted by atomic mass is 32.2. The standard InChI is InChI=1S/C27H28N2O7S2/c1-3-35-26(31)22-18(2)23(27(32)36-17-19-9-5-4-6-10-19)37-25(22)28-24(30)20-11-13-21(14-12-20)38(33,34)29-15-7-8-16-29/h4-6,9-14H,3,7-8,15-17H2,1-2H3,(H,28,30). The number of hydrogen-bond acceptors (Lipinski definition) is 8. The maximum Gasteiger partial charge on any atom is 0.349 e. The van der Waals surface area contributed by atoms with Crippen molar-refractivity contribution in [3.8, 4) is 0 Å². The van der Waals surface area contributed by atoms with E-state index in [1.54, 1.807) is 13.8 Å². The summed E-state index contributed by atoms with van der Waals surface area (Å²) in [6.07, 6.45) is 1.65. The minimum atomic E-state index is -3.61. The van der Waals surface area contributed by atoms with Gasteiger partial charge in [-0.3, -0.25) is 4.79 Å². The second-order valence-electron chi connectivity index (χ2n) is 8.63. The van der Waals surface area contributed by atoms with Gasteiger partial charge in [0.2, 0.25) is 10.0 Å². The molecule has 0 unspecified atom stereocenters. The average molecular weight is 557 g/mol. The van der Waals surface area contributed by atoms with Gasteiger partial charge in [-0.05, 0) is 62.1 Å². The Bertz CT molecular complexity index is 1430. The van der Waals surface area contributed by atoms with Crippen LogP contribution in [-0.2, 0) is 26.1 Å². The van der Waals surface area contributed by atoms with Gasteiger partial charge in [-0.25, -0.2) is 18.0 Å². The molecule has 1 aliphatic rings. The Kier molecular flexibility index (Phi) is 8.60. The smallest absolute Gasteiger partial charge is 0.349 e. The lowest BCUT2D eigenvalue weighted by molar-refractivity contribution is 0.0477. The van der Waals surface area contributed by atoms with Crippen molar-refractivity contribution in [3.63, 3.8) is 0 Å². The molecule has 0 atom stereocenters. The zero-order chi connectivity index (χ0) is 27.3. The Labute approximate surface area is 225 Å². The van der Waals surface area contributed by atoms with E-state index in [0.717, 1.165) is 29.7 Å². The molecule has 2 heterocycles. The molecule has 3 aromatic rings. The first-order valence-electron chi connectivity index (χ1n) is 12.2. The quantitative estimate of drug-likeness (QED) is 0.382. The minimum Gasteiger partial charge on any atom is -0.462 e. The van der Waals surface area contributed by atoms with Crippen molar-refractivity contribution < 1.29 is 32.3 Å². The van der Waals surface area contributed by atoms with Gasteiger partial charge in [-0.15, -0.1) is 11.3 Å². The highest BCUT2D eigenvalue weighted by Crippen LogP contribution is 2.35. The van der Waals surface area contributed by atoms with E-state index in [-0.39, 0.29) is 39.1 Å². The first-order chi connectivity index (χ1) is 18.2. The number of carbonyl (C=O) groups is 3. The van der Waals surface area contributed by atoms with Gasteiger partial charge in [0.05, 0.1) is 17.1 Å². The molecule has 0 spiro atoms. The zero-order valence-corrected chi connectivity index (χ0v) is 22.7. The molecule has 0 radical (unpaired) electrons. The number of ether oxygens (including phenoxy) is 2. The SMILES string of the molecule is CCOC(=O)c1c(NC(=O)c2ccc(S(=O)(=O)N3CCCC3)cc2)sc(C(=O)OCc2ccccc2)c1C. The molecule has 11 heteroatoms. The highest BCUT2D eigenvalue weighted by molar-refractivity contribution is 7.89. The molecule has 2 aromatic carbocycles. The molecule has 4 rings (SSSR count). The van der Waals surface area contributed by atoms with Crippen LogP contribution in [0.5, 0.6) is 0 Å². The van der Waals surface area contributed by atoms with E-state index in [1.807, 2.05) is 30.3 Å². The molecule has 9 nitrogen and oxygen atoms in total. The second-order valence-corrected chi connectivity index (χ2v) is 11.6. The largest absolute Gasteiger partial charge is 0.462 e. The maximum absolute atomic E-state index is 13.0. The molecule has 200 valence electrons. The summed E-state index contributed by atoms with van der Waals surface area (Å²) < 4.78 is 37.5. The minimum absolute atomic E-state index is 0.0557. The number of hydrogen-bond donors (Lipinski definition) is 1. The summed E-state index contributed by atoms with van der Waals surface area (Å²) in [5.74, 6) is -1.87. The molecular weight excluding hydrogens is 528 g/mol. The Morgan fingerprint density at radius 2 is 1.61 bits per heavy atom. The molecule has 1 fully saturated rings. The number of amides is 1. The summed E-state index contributed by atoms with van der Waals surface area (Å²) in [4.78, 5) is 38.9. The van der Waals surface area contributed by atoms with Gasteiger partial charge in [0.25, 0.3) is 5.91 Å². The third-order valence-corrected chi connectivity index (χ3v) is 9.17. The van der Waals surface area contributed by atoms with Gasteiger partial charge in [-0.1, -0.05) is 30.3 Å². The maximum atomic E-state index is 13.0. The second kappa shape index (κ2) is 11.9. The number of sulfonamides is 1. The van der Waals surface area contributed by atoms with Gasteiger partial charge in [-0.2, -0.15) is 4.31 Å². The number of nitrogens with one attached hydrogen (secondary N) is 1. The van der Waals surface area contributed by atoms with E-state index in [0.29, 0.717) is 18.7 Å². The van der Waals surface area contributed by atoms with Crippen LogP contribution in [0.4, 0.5) is 5.00 Å². The van der Waals surface area contributed by atoms with Gasteiger partial charge in [0.1, 0.15) is 16.5 Å². The molecule has 1 saturated heterocycles. The summed E-state index contributed by atoms with van der Waals surface area (Å²) >= 11 is 0.921. The predicted octanol–water partition coefficient (Wildman–Crippen LogP) is 4.63. The van der Waals surface area contributed by atoms with Crippen LogP contribution >= 0.6 is 11.3 Å². The van der Waals surface area contributed by atoms with Crippen LogP contribution in [0.15, 0.2) is 59.5 Å². The van der Waals surface area contributed by atoms with Crippen LogP contribution in [-0.4, -0.2) is 50.3 Å². The van der Waals surface area contributed by atoms with E-state index in [4.69, 9.17) is 9.47 Å². The van der Waals surface area contributed by atoms with E-state index < -0.39 is 27.9 Å². The molecule has 0 saturated carbocycles. The van der Waals surface area contributed by atoms with E-state index >= 15 is 0 Å². The topological polar surface area (TPSA) is 119 Å². The summed E-state index contributed by atoms with van der Waals surface area (Å²) in [7, 11) is -3.61. The van der Waals surface area contributed by atoms with Crippen LogP contribution in [0.3, 0.4) is 0 Å². The van der Waals surface area contributed by atoms with E-state index in [9.17, 15) is 22.8 Å². The van der Waals surface area contributed by atoms with Crippen molar-refractivity contribution in [2.24, 2.45) is 0 Å². The zero-order valence-electron chi connectivity index (χ0n) is 21.1. The fraction of sp³-hybridized carbons (Fsp3) is 0.296. The highest BCUT2D eigenvalue weighted by Gasteiger charge is 2.29. The van der Waals surface area contributed by atoms with Crippen molar-refractivity contribution in [3.05, 3.63) is 81.7 Å². The predicted molar refractivity (Wildman–Crippen MR) is 143 cm³/mol. The lowest BCUT2D eigenvalue weighted by Gasteiger charge is -2.15. The number of nitrogens with zero attached hydrogens (tertiary/aromatic N) is 1. The third kappa shape index (κ3) is 5.95. The Morgan fingerprint density at radius 3 is 2.24 bits per heavy atom. The Balaban J connectivity index is 1.55. The van der Waals surface area contributed by atoms with Crippen molar-refractivity contribution in [2.45, 2.75) is 38.2 Å². The normalized spacial score (nSPS) is 13.7. The molecule has 1 aliphatic heterocycles. The molecule has 0 bridgehead atoms. The fourth-order valence-electron chi connectivity index (χ4n) is 4.07. The summed E-state index contributed by atoms with van der Waals surface area (Å²) in [5.41, 5.74) is 1.42. The van der Waals surface area contributed by atoms with Gasteiger partial charge in [0, 0.05) is 18.7 Å². The summed E-state index contributed by atoms with van der Waals surface area (Å²) in [6.45, 7) is 4.38. The first kappa shape index (κ1) is 27.5. The summed E-state index contributed by atoms with van der Waals surface area (Å²) in [6, 6.07) is 14.8. The Morgan fingerprint density at radius 1 is 0.947 bits per heavy atom. The number of benzene rings is 2. The van der Waals surface area contributed by atoms with Gasteiger partial charge in [0.15, 0.2) is 0 Å². The van der Waals surface area contributed by atoms with Crippen molar-refractivity contribution in [2.75, 3.05) is 25.0 Å². The van der Waals surface area contributed by atoms with Crippen LogP contribution in [0.1, 0.15) is 61.3 Å². The number of anilines is 1. The van der Waals surface area contributed by atoms with E-state index in [2.05, 4.69) is 5.32 Å². The lowest BCUT2D eigenvalue weighted by Crippen LogP contribution is -2.27. The third-order valence-electron chi connectivity index (χ3n) is 6.07. The number of esters is 2. The monoisotopic (exact) mass is 556 g/mol. The van der Waals surface area contributed by atoms with Gasteiger partial charge >= 0.3 is 11.9 Å². The number of rotatable bonds is 9. The fourth-order valence-corrected chi connectivity index (χ4v) is 6.67. The van der Waals surface area contributed by atoms with Crippen molar-refractivity contribution >= 4 is 44.2 Å². The van der Waals surface area contributed by atoms with Crippen LogP contribution in [0, 0.1) is 6.92 Å². The number of carbonyl (C=O) groups excluding carboxylic acids is 3. The van der Waals surface area contributed by atoms with E-state index in [1.165, 1.54) is 28.6 Å². The van der Waals surface area contributed by atoms with Crippen molar-refractivity contribution in [1.29, 1.82) is 0 Å². The van der Waals surface area contributed by atoms with Gasteiger partial charge < -0.3 is 14.8 Å². The molecule has 1 aromatic heterocycles. The van der Waals surface area contributed by atoms with Crippen molar-refractivity contribution in [1.82, 2.24) is 4.31 Å². The molecule has 1 N–H and O–H groups in total. The molecular formula is C27H28N2O7S2. The summed E-state index contributed by atoms with van der Waals surface area (Å²) in [5, 5.41) is 2.83. The average Bonchev–Trinajstić information content (AvgIpc) is 3.57. The molecule has 0 aliphatic carbocycles. The van der Waals surface area contributed by atoms with Crippen LogP contribution in [0.2, 0.25) is 0 Å². The molecule has 1 amide bonds. The van der Waals surface area contributed by atoms with Crippen LogP contribution < -0.4 is 5.32 Å². The Hall–Kier alpha value is -3.54. The molecule has 38 heavy (non-hydrogen) atoms. The lowest BCUT2D eigenvalue weighted by atomic mass is 10.1. The first-order valence-corrected chi connectivity index (χ1v) is 14.4. The van der Waals surface area contributed by atoms with Crippen LogP contribution in [0.25, 0.3) is 0 Å².